The highest BCUT2D eigenvalue weighted by Gasteiger charge is 2.05. The summed E-state index contributed by atoms with van der Waals surface area (Å²) in [5, 5.41) is 11.1. The second-order valence-electron chi connectivity index (χ2n) is 4.47. The van der Waals surface area contributed by atoms with E-state index in [1.165, 1.54) is 4.68 Å². The van der Waals surface area contributed by atoms with Crippen molar-refractivity contribution in [3.8, 4) is 0 Å². The van der Waals surface area contributed by atoms with Gasteiger partial charge >= 0.3 is 0 Å². The summed E-state index contributed by atoms with van der Waals surface area (Å²) in [5.74, 6) is 0.354. The van der Waals surface area contributed by atoms with Crippen molar-refractivity contribution in [1.82, 2.24) is 30.7 Å². The molecule has 0 spiro atoms. The van der Waals surface area contributed by atoms with Gasteiger partial charge in [-0.3, -0.25) is 15.6 Å². The van der Waals surface area contributed by atoms with Crippen LogP contribution >= 0.6 is 0 Å². The van der Waals surface area contributed by atoms with Gasteiger partial charge in [0.05, 0.1) is 11.9 Å². The van der Waals surface area contributed by atoms with Gasteiger partial charge in [0.15, 0.2) is 0 Å². The molecule has 2 heterocycles. The highest BCUT2D eigenvalue weighted by molar-refractivity contribution is 5.76. The topological polar surface area (TPSA) is 96.8 Å². The third-order valence-corrected chi connectivity index (χ3v) is 2.62. The van der Waals surface area contributed by atoms with E-state index in [1.54, 1.807) is 24.5 Å². The maximum absolute atomic E-state index is 11.7. The predicted octanol–water partition coefficient (Wildman–Crippen LogP) is 0.316. The van der Waals surface area contributed by atoms with Gasteiger partial charge in [0.1, 0.15) is 12.4 Å². The van der Waals surface area contributed by atoms with Crippen molar-refractivity contribution in [2.45, 2.75) is 26.4 Å². The molecule has 0 fully saturated rings. The molecule has 0 saturated carbocycles. The molecule has 0 aliphatic rings. The molecule has 0 atom stereocenters. The third kappa shape index (κ3) is 5.19. The average Bonchev–Trinajstić information content (AvgIpc) is 2.94. The highest BCUT2D eigenvalue weighted by atomic mass is 16.2. The molecule has 3 N–H and O–H groups in total. The molecule has 2 rings (SSSR count). The molecule has 8 heteroatoms. The van der Waals surface area contributed by atoms with Crippen LogP contribution in [0.5, 0.6) is 0 Å². The maximum Gasteiger partial charge on any atom is 0.260 e. The molecule has 2 aromatic heterocycles. The van der Waals surface area contributed by atoms with E-state index in [0.29, 0.717) is 12.4 Å². The van der Waals surface area contributed by atoms with Gasteiger partial charge in [-0.15, -0.1) is 5.10 Å². The second-order valence-corrected chi connectivity index (χ2v) is 4.47. The van der Waals surface area contributed by atoms with E-state index >= 15 is 0 Å². The van der Waals surface area contributed by atoms with Crippen LogP contribution in [0.3, 0.4) is 0 Å². The fourth-order valence-electron chi connectivity index (χ4n) is 1.65. The molecular weight excluding hydrogens is 270 g/mol. The Hall–Kier alpha value is -2.48. The Kier molecular flexibility index (Phi) is 5.65. The number of nitrogens with zero attached hydrogens (tertiary/aromatic N) is 4. The van der Waals surface area contributed by atoms with Crippen molar-refractivity contribution < 1.29 is 4.79 Å². The zero-order valence-electron chi connectivity index (χ0n) is 11.9. The van der Waals surface area contributed by atoms with Crippen molar-refractivity contribution in [1.29, 1.82) is 0 Å². The molecule has 112 valence electrons. The van der Waals surface area contributed by atoms with Gasteiger partial charge in [0.2, 0.25) is 0 Å². The second kappa shape index (κ2) is 7.95. The minimum Gasteiger partial charge on any atom is -0.311 e. The van der Waals surface area contributed by atoms with E-state index in [1.807, 2.05) is 6.07 Å². The van der Waals surface area contributed by atoms with E-state index in [-0.39, 0.29) is 12.5 Å². The number of carbonyl (C=O) groups is 1. The number of rotatable bonds is 8. The van der Waals surface area contributed by atoms with E-state index in [4.69, 9.17) is 0 Å². The lowest BCUT2D eigenvalue weighted by Crippen LogP contribution is -2.33. The SMILES string of the molecule is CCCNCc1cn(CC(=O)NNc2ccccn2)nn1. The van der Waals surface area contributed by atoms with Crippen LogP contribution in [0, 0.1) is 0 Å². The number of pyridine rings is 1. The average molecular weight is 289 g/mol. The van der Waals surface area contributed by atoms with Gasteiger partial charge in [-0.05, 0) is 25.1 Å². The normalized spacial score (nSPS) is 10.3. The number of aromatic nitrogens is 4. The molecule has 2 aromatic rings. The van der Waals surface area contributed by atoms with Crippen molar-refractivity contribution in [3.05, 3.63) is 36.3 Å². The predicted molar refractivity (Wildman–Crippen MR) is 78.0 cm³/mol. The Labute approximate surface area is 122 Å². The third-order valence-electron chi connectivity index (χ3n) is 2.62. The Balaban J connectivity index is 1.75. The summed E-state index contributed by atoms with van der Waals surface area (Å²) in [6, 6.07) is 5.39. The van der Waals surface area contributed by atoms with Crippen LogP contribution in [-0.4, -0.2) is 32.4 Å². The Morgan fingerprint density at radius 1 is 1.38 bits per heavy atom. The first-order valence-corrected chi connectivity index (χ1v) is 6.83. The number of amides is 1. The lowest BCUT2D eigenvalue weighted by molar-refractivity contribution is -0.121. The zero-order chi connectivity index (χ0) is 14.9. The molecule has 0 unspecified atom stereocenters. The minimum atomic E-state index is -0.223. The quantitative estimate of drug-likeness (QED) is 0.478. The van der Waals surface area contributed by atoms with Crippen LogP contribution in [-0.2, 0) is 17.9 Å². The summed E-state index contributed by atoms with van der Waals surface area (Å²) < 4.78 is 1.50. The van der Waals surface area contributed by atoms with Gasteiger partial charge < -0.3 is 5.32 Å². The van der Waals surface area contributed by atoms with Gasteiger partial charge in [-0.2, -0.15) is 0 Å². The first-order valence-electron chi connectivity index (χ1n) is 6.83. The lowest BCUT2D eigenvalue weighted by atomic mass is 10.4. The molecule has 21 heavy (non-hydrogen) atoms. The summed E-state index contributed by atoms with van der Waals surface area (Å²) in [5.41, 5.74) is 6.10. The standard InChI is InChI=1S/C13H19N7O/c1-2-6-14-8-11-9-20(19-16-11)10-13(21)18-17-12-5-3-4-7-15-12/h3-5,7,9,14H,2,6,8,10H2,1H3,(H,15,17)(H,18,21). The van der Waals surface area contributed by atoms with Crippen LogP contribution in [0.25, 0.3) is 0 Å². The van der Waals surface area contributed by atoms with Crippen LogP contribution in [0.1, 0.15) is 19.0 Å². The van der Waals surface area contributed by atoms with E-state index in [9.17, 15) is 4.79 Å². The zero-order valence-corrected chi connectivity index (χ0v) is 11.9. The van der Waals surface area contributed by atoms with Crippen LogP contribution in [0.15, 0.2) is 30.6 Å². The summed E-state index contributed by atoms with van der Waals surface area (Å²) in [6.07, 6.45) is 4.46. The molecule has 0 aliphatic heterocycles. The number of hydrogen-bond donors (Lipinski definition) is 3. The Morgan fingerprint density at radius 2 is 2.29 bits per heavy atom. The van der Waals surface area contributed by atoms with E-state index < -0.39 is 0 Å². The van der Waals surface area contributed by atoms with Crippen LogP contribution < -0.4 is 16.2 Å². The number of anilines is 1. The summed E-state index contributed by atoms with van der Waals surface area (Å²) in [6.45, 7) is 3.78. The molecule has 0 radical (unpaired) electrons. The van der Waals surface area contributed by atoms with E-state index in [2.05, 4.69) is 38.4 Å². The number of hydrogen-bond acceptors (Lipinski definition) is 6. The molecular formula is C13H19N7O. The van der Waals surface area contributed by atoms with Gasteiger partial charge in [-0.1, -0.05) is 18.2 Å². The number of carbonyl (C=O) groups excluding carboxylic acids is 1. The smallest absolute Gasteiger partial charge is 0.260 e. The molecule has 0 bridgehead atoms. The molecule has 0 aromatic carbocycles. The first kappa shape index (κ1) is 14.9. The van der Waals surface area contributed by atoms with Crippen molar-refractivity contribution in [2.75, 3.05) is 12.0 Å². The summed E-state index contributed by atoms with van der Waals surface area (Å²) >= 11 is 0. The largest absolute Gasteiger partial charge is 0.311 e. The first-order chi connectivity index (χ1) is 10.3. The van der Waals surface area contributed by atoms with Gasteiger partial charge in [-0.25, -0.2) is 9.67 Å². The number of nitrogens with one attached hydrogen (secondary N) is 3. The summed E-state index contributed by atoms with van der Waals surface area (Å²) in [7, 11) is 0. The Morgan fingerprint density at radius 3 is 3.05 bits per heavy atom. The molecule has 0 aliphatic carbocycles. The minimum absolute atomic E-state index is 0.0978. The Bertz CT molecular complexity index is 555. The van der Waals surface area contributed by atoms with Crippen LogP contribution in [0.2, 0.25) is 0 Å². The molecule has 8 nitrogen and oxygen atoms in total. The monoisotopic (exact) mass is 289 g/mol. The van der Waals surface area contributed by atoms with Crippen molar-refractivity contribution in [3.63, 3.8) is 0 Å². The molecule has 1 amide bonds. The fourth-order valence-corrected chi connectivity index (χ4v) is 1.65. The van der Waals surface area contributed by atoms with Gasteiger partial charge in [0.25, 0.3) is 5.91 Å². The maximum atomic E-state index is 11.7. The highest BCUT2D eigenvalue weighted by Crippen LogP contribution is 1.97. The fraction of sp³-hybridized carbons (Fsp3) is 0.385. The number of hydrazine groups is 1. The van der Waals surface area contributed by atoms with Crippen LogP contribution in [0.4, 0.5) is 5.82 Å². The summed E-state index contributed by atoms with van der Waals surface area (Å²) in [4.78, 5) is 15.8. The van der Waals surface area contributed by atoms with Gasteiger partial charge in [0, 0.05) is 12.7 Å². The lowest BCUT2D eigenvalue weighted by Gasteiger charge is -2.06. The molecule has 0 saturated heterocycles. The van der Waals surface area contributed by atoms with Crippen molar-refractivity contribution >= 4 is 11.7 Å². The van der Waals surface area contributed by atoms with E-state index in [0.717, 1.165) is 18.7 Å². The van der Waals surface area contributed by atoms with Crippen molar-refractivity contribution in [2.24, 2.45) is 0 Å².